The lowest BCUT2D eigenvalue weighted by Gasteiger charge is -2.14. The van der Waals surface area contributed by atoms with Crippen LogP contribution >= 0.6 is 0 Å². The van der Waals surface area contributed by atoms with Gasteiger partial charge >= 0.3 is 0 Å². The van der Waals surface area contributed by atoms with E-state index in [0.717, 1.165) is 5.76 Å². The summed E-state index contributed by atoms with van der Waals surface area (Å²) < 4.78 is 5.35. The van der Waals surface area contributed by atoms with Gasteiger partial charge in [0.05, 0.1) is 18.9 Å². The number of rotatable bonds is 6. The summed E-state index contributed by atoms with van der Waals surface area (Å²) in [6.45, 7) is 0.679. The van der Waals surface area contributed by atoms with E-state index < -0.39 is 0 Å². The van der Waals surface area contributed by atoms with Crippen molar-refractivity contribution in [3.05, 3.63) is 84.3 Å². The van der Waals surface area contributed by atoms with Crippen LogP contribution in [0.15, 0.2) is 77.4 Å². The molecule has 3 rings (SSSR count). The SMILES string of the molecule is OCC(NCc1cccc(-c2ccccc2)c1)c1ccco1. The predicted octanol–water partition coefficient (Wildman–Crippen LogP) is 3.77. The maximum atomic E-state index is 9.49. The highest BCUT2D eigenvalue weighted by molar-refractivity contribution is 5.63. The van der Waals surface area contributed by atoms with Crippen molar-refractivity contribution in [2.45, 2.75) is 12.6 Å². The Bertz CT molecular complexity index is 692. The maximum absolute atomic E-state index is 9.49. The van der Waals surface area contributed by atoms with Crippen molar-refractivity contribution < 1.29 is 9.52 Å². The van der Waals surface area contributed by atoms with Gasteiger partial charge in [0.15, 0.2) is 0 Å². The van der Waals surface area contributed by atoms with Crippen molar-refractivity contribution in [2.75, 3.05) is 6.61 Å². The Hall–Kier alpha value is -2.36. The molecule has 0 aliphatic carbocycles. The smallest absolute Gasteiger partial charge is 0.123 e. The summed E-state index contributed by atoms with van der Waals surface area (Å²) in [5.74, 6) is 0.752. The normalized spacial score (nSPS) is 12.2. The fourth-order valence-corrected chi connectivity index (χ4v) is 2.48. The molecule has 0 saturated heterocycles. The molecule has 1 unspecified atom stereocenters. The van der Waals surface area contributed by atoms with Gasteiger partial charge in [-0.3, -0.25) is 0 Å². The highest BCUT2D eigenvalue weighted by atomic mass is 16.3. The molecular weight excluding hydrogens is 274 g/mol. The van der Waals surface area contributed by atoms with Crippen molar-refractivity contribution in [1.82, 2.24) is 5.32 Å². The van der Waals surface area contributed by atoms with E-state index in [1.54, 1.807) is 6.26 Å². The van der Waals surface area contributed by atoms with E-state index in [4.69, 9.17) is 4.42 Å². The predicted molar refractivity (Wildman–Crippen MR) is 87.3 cm³/mol. The number of benzene rings is 2. The molecular formula is C19H19NO2. The molecule has 2 aromatic carbocycles. The third kappa shape index (κ3) is 3.45. The Morgan fingerprint density at radius 1 is 0.909 bits per heavy atom. The Morgan fingerprint density at radius 3 is 2.45 bits per heavy atom. The van der Waals surface area contributed by atoms with Crippen LogP contribution in [0.5, 0.6) is 0 Å². The molecule has 0 fully saturated rings. The molecule has 1 heterocycles. The van der Waals surface area contributed by atoms with Crippen LogP contribution in [0.3, 0.4) is 0 Å². The monoisotopic (exact) mass is 293 g/mol. The molecule has 0 saturated carbocycles. The Balaban J connectivity index is 1.71. The summed E-state index contributed by atoms with van der Waals surface area (Å²) in [5.41, 5.74) is 3.57. The Kier molecular flexibility index (Phi) is 4.68. The zero-order valence-corrected chi connectivity index (χ0v) is 12.3. The van der Waals surface area contributed by atoms with Gasteiger partial charge in [0.1, 0.15) is 5.76 Å². The third-order valence-electron chi connectivity index (χ3n) is 3.66. The molecule has 1 aromatic heterocycles. The summed E-state index contributed by atoms with van der Waals surface area (Å²) in [5, 5.41) is 12.8. The molecule has 0 bridgehead atoms. The van der Waals surface area contributed by atoms with Gasteiger partial charge in [0, 0.05) is 6.54 Å². The number of nitrogens with one attached hydrogen (secondary N) is 1. The van der Waals surface area contributed by atoms with Crippen molar-refractivity contribution in [3.8, 4) is 11.1 Å². The lowest BCUT2D eigenvalue weighted by molar-refractivity contribution is 0.225. The molecule has 0 amide bonds. The highest BCUT2D eigenvalue weighted by Gasteiger charge is 2.12. The van der Waals surface area contributed by atoms with Crippen molar-refractivity contribution >= 4 is 0 Å². The quantitative estimate of drug-likeness (QED) is 0.727. The minimum Gasteiger partial charge on any atom is -0.468 e. The van der Waals surface area contributed by atoms with Gasteiger partial charge in [-0.05, 0) is 34.9 Å². The summed E-state index contributed by atoms with van der Waals surface area (Å²) in [6, 6.07) is 22.2. The minimum absolute atomic E-state index is 0.00584. The molecule has 0 aliphatic heterocycles. The van der Waals surface area contributed by atoms with E-state index in [-0.39, 0.29) is 12.6 Å². The summed E-state index contributed by atoms with van der Waals surface area (Å²) >= 11 is 0. The molecule has 0 spiro atoms. The molecule has 22 heavy (non-hydrogen) atoms. The van der Waals surface area contributed by atoms with Crippen molar-refractivity contribution in [1.29, 1.82) is 0 Å². The first-order chi connectivity index (χ1) is 10.9. The van der Waals surface area contributed by atoms with Crippen LogP contribution in [0.1, 0.15) is 17.4 Å². The van der Waals surface area contributed by atoms with Crippen LogP contribution in [0, 0.1) is 0 Å². The maximum Gasteiger partial charge on any atom is 0.123 e. The second-order valence-corrected chi connectivity index (χ2v) is 5.20. The fourth-order valence-electron chi connectivity index (χ4n) is 2.48. The average Bonchev–Trinajstić information content (AvgIpc) is 3.11. The van der Waals surface area contributed by atoms with Crippen LogP contribution in [-0.2, 0) is 6.54 Å². The van der Waals surface area contributed by atoms with E-state index in [9.17, 15) is 5.11 Å². The average molecular weight is 293 g/mol. The van der Waals surface area contributed by atoms with E-state index >= 15 is 0 Å². The van der Waals surface area contributed by atoms with E-state index in [1.165, 1.54) is 16.7 Å². The minimum atomic E-state index is -0.185. The lowest BCUT2D eigenvalue weighted by atomic mass is 10.0. The zero-order chi connectivity index (χ0) is 15.2. The van der Waals surface area contributed by atoms with Gasteiger partial charge in [-0.25, -0.2) is 0 Å². The third-order valence-corrected chi connectivity index (χ3v) is 3.66. The number of hydrogen-bond acceptors (Lipinski definition) is 3. The molecule has 3 aromatic rings. The zero-order valence-electron chi connectivity index (χ0n) is 12.3. The molecule has 3 nitrogen and oxygen atoms in total. The second-order valence-electron chi connectivity index (χ2n) is 5.20. The van der Waals surface area contributed by atoms with Gasteiger partial charge in [-0.15, -0.1) is 0 Å². The number of furan rings is 1. The van der Waals surface area contributed by atoms with Crippen LogP contribution in [0.4, 0.5) is 0 Å². The van der Waals surface area contributed by atoms with Gasteiger partial charge in [-0.2, -0.15) is 0 Å². The molecule has 0 aliphatic rings. The first-order valence-corrected chi connectivity index (χ1v) is 7.39. The standard InChI is InChI=1S/C19H19NO2/c21-14-18(19-10-5-11-22-19)20-13-15-6-4-9-17(12-15)16-7-2-1-3-8-16/h1-12,18,20-21H,13-14H2. The van der Waals surface area contributed by atoms with Crippen molar-refractivity contribution in [3.63, 3.8) is 0 Å². The molecule has 3 heteroatoms. The van der Waals surface area contributed by atoms with E-state index in [1.807, 2.05) is 30.3 Å². The van der Waals surface area contributed by atoms with Crippen LogP contribution < -0.4 is 5.32 Å². The molecule has 2 N–H and O–H groups in total. The summed E-state index contributed by atoms with van der Waals surface area (Å²) in [6.07, 6.45) is 1.62. The van der Waals surface area contributed by atoms with Crippen LogP contribution in [0.2, 0.25) is 0 Å². The number of aliphatic hydroxyl groups excluding tert-OH is 1. The van der Waals surface area contributed by atoms with Gasteiger partial charge in [-0.1, -0.05) is 48.5 Å². The van der Waals surface area contributed by atoms with Crippen LogP contribution in [-0.4, -0.2) is 11.7 Å². The first-order valence-electron chi connectivity index (χ1n) is 7.39. The van der Waals surface area contributed by atoms with Gasteiger partial charge in [0.25, 0.3) is 0 Å². The molecule has 112 valence electrons. The number of aliphatic hydroxyl groups is 1. The Morgan fingerprint density at radius 2 is 1.73 bits per heavy atom. The van der Waals surface area contributed by atoms with E-state index in [2.05, 4.69) is 41.7 Å². The summed E-state index contributed by atoms with van der Waals surface area (Å²) in [7, 11) is 0. The topological polar surface area (TPSA) is 45.4 Å². The van der Waals surface area contributed by atoms with Gasteiger partial charge < -0.3 is 14.8 Å². The molecule has 1 atom stereocenters. The Labute approximate surface area is 130 Å². The van der Waals surface area contributed by atoms with Crippen LogP contribution in [0.25, 0.3) is 11.1 Å². The van der Waals surface area contributed by atoms with Gasteiger partial charge in [0.2, 0.25) is 0 Å². The number of hydrogen-bond donors (Lipinski definition) is 2. The molecule has 0 radical (unpaired) electrons. The van der Waals surface area contributed by atoms with Crippen molar-refractivity contribution in [2.24, 2.45) is 0 Å². The van der Waals surface area contributed by atoms with E-state index in [0.29, 0.717) is 6.54 Å². The lowest BCUT2D eigenvalue weighted by Crippen LogP contribution is -2.23. The highest BCUT2D eigenvalue weighted by Crippen LogP contribution is 2.20. The first kappa shape index (κ1) is 14.6. The largest absolute Gasteiger partial charge is 0.468 e. The fraction of sp³-hybridized carbons (Fsp3) is 0.158. The summed E-state index contributed by atoms with van der Waals surface area (Å²) in [4.78, 5) is 0. The second kappa shape index (κ2) is 7.07.